The summed E-state index contributed by atoms with van der Waals surface area (Å²) in [6.45, 7) is 5.48. The van der Waals surface area contributed by atoms with Crippen molar-refractivity contribution in [1.29, 1.82) is 0 Å². The monoisotopic (exact) mass is 371 g/mol. The Hall–Kier alpha value is 0.129. The normalized spacial score (nSPS) is 12.8. The van der Waals surface area contributed by atoms with Crippen molar-refractivity contribution in [2.45, 2.75) is 31.2 Å². The number of nitrogens with one attached hydrogen (secondary N) is 1. The molecular formula is C10H14BrNO2SSe. The summed E-state index contributed by atoms with van der Waals surface area (Å²) in [7, 11) is -3.43. The van der Waals surface area contributed by atoms with Crippen molar-refractivity contribution in [2.24, 2.45) is 0 Å². The van der Waals surface area contributed by atoms with Crippen molar-refractivity contribution >= 4 is 41.7 Å². The zero-order valence-electron chi connectivity index (χ0n) is 9.32. The molecule has 1 rings (SSSR count). The molecule has 0 fully saturated rings. The van der Waals surface area contributed by atoms with E-state index >= 15 is 0 Å². The molecule has 0 saturated heterocycles. The van der Waals surface area contributed by atoms with Gasteiger partial charge in [0.2, 0.25) is 0 Å². The first-order valence-corrected chi connectivity index (χ1v) is 11.0. The molecule has 16 heavy (non-hydrogen) atoms. The predicted molar refractivity (Wildman–Crippen MR) is 70.8 cm³/mol. The van der Waals surface area contributed by atoms with Crippen molar-refractivity contribution in [1.82, 2.24) is 4.72 Å². The molecule has 0 spiro atoms. The summed E-state index contributed by atoms with van der Waals surface area (Å²) in [5.74, 6) is 0. The van der Waals surface area contributed by atoms with E-state index in [1.165, 1.54) is 0 Å². The van der Waals surface area contributed by atoms with Crippen LogP contribution in [0, 0.1) is 0 Å². The molecule has 0 radical (unpaired) electrons. The van der Waals surface area contributed by atoms with E-state index in [4.69, 9.17) is 0 Å². The van der Waals surface area contributed by atoms with Crippen LogP contribution in [0.1, 0.15) is 20.8 Å². The van der Waals surface area contributed by atoms with Crippen LogP contribution in [0.3, 0.4) is 0 Å². The molecular weight excluding hydrogens is 357 g/mol. The molecule has 0 aromatic heterocycles. The van der Waals surface area contributed by atoms with Gasteiger partial charge in [-0.05, 0) is 0 Å². The van der Waals surface area contributed by atoms with Gasteiger partial charge in [0, 0.05) is 0 Å². The number of hydrogen-bond donors (Lipinski definition) is 1. The van der Waals surface area contributed by atoms with Crippen LogP contribution >= 0.6 is 14.1 Å². The number of halogens is 1. The van der Waals surface area contributed by atoms with Gasteiger partial charge in [0.1, 0.15) is 0 Å². The summed E-state index contributed by atoms with van der Waals surface area (Å²) in [4.78, 5) is 0.363. The second kappa shape index (κ2) is 5.19. The molecule has 0 amide bonds. The van der Waals surface area contributed by atoms with E-state index in [9.17, 15) is 8.42 Å². The third kappa shape index (κ3) is 3.86. The van der Waals surface area contributed by atoms with Crippen LogP contribution in [0.2, 0.25) is 0 Å². The van der Waals surface area contributed by atoms with E-state index < -0.39 is 15.6 Å². The van der Waals surface area contributed by atoms with Crippen LogP contribution in [0.25, 0.3) is 0 Å². The van der Waals surface area contributed by atoms with Crippen molar-refractivity contribution in [3.8, 4) is 0 Å². The van der Waals surface area contributed by atoms with Gasteiger partial charge < -0.3 is 0 Å². The van der Waals surface area contributed by atoms with E-state index in [0.717, 1.165) is 4.46 Å². The van der Waals surface area contributed by atoms with Crippen molar-refractivity contribution in [3.63, 3.8) is 0 Å². The van der Waals surface area contributed by atoms with Gasteiger partial charge in [-0.3, -0.25) is 0 Å². The van der Waals surface area contributed by atoms with Crippen LogP contribution in [0.5, 0.6) is 0 Å². The van der Waals surface area contributed by atoms with E-state index in [2.05, 4.69) is 18.8 Å². The Morgan fingerprint density at radius 1 is 1.25 bits per heavy atom. The fraction of sp³-hybridized carbons (Fsp3) is 0.400. The SMILES string of the molecule is CC(C)(C)NS(=O)(=O)c1ccccc1[Se]Br. The minimum absolute atomic E-state index is 0.0176. The van der Waals surface area contributed by atoms with Gasteiger partial charge in [-0.15, -0.1) is 0 Å². The summed E-state index contributed by atoms with van der Waals surface area (Å²) in [5.41, 5.74) is -0.467. The summed E-state index contributed by atoms with van der Waals surface area (Å²) in [5, 5.41) is 0. The molecule has 1 aromatic carbocycles. The zero-order valence-corrected chi connectivity index (χ0v) is 13.4. The minimum atomic E-state index is -3.43. The Balaban J connectivity index is 3.17. The number of benzene rings is 1. The van der Waals surface area contributed by atoms with Gasteiger partial charge in [0.15, 0.2) is 0 Å². The van der Waals surface area contributed by atoms with Crippen molar-refractivity contribution in [3.05, 3.63) is 24.3 Å². The molecule has 0 heterocycles. The first-order chi connectivity index (χ1) is 7.26. The van der Waals surface area contributed by atoms with Gasteiger partial charge in [-0.2, -0.15) is 0 Å². The van der Waals surface area contributed by atoms with E-state index in [1.807, 2.05) is 32.9 Å². The van der Waals surface area contributed by atoms with Crippen LogP contribution in [-0.2, 0) is 10.0 Å². The van der Waals surface area contributed by atoms with Crippen molar-refractivity contribution in [2.75, 3.05) is 0 Å². The molecule has 0 aliphatic rings. The number of rotatable bonds is 3. The zero-order chi connectivity index (χ0) is 12.4. The van der Waals surface area contributed by atoms with Gasteiger partial charge in [-0.25, -0.2) is 0 Å². The number of hydrogen-bond acceptors (Lipinski definition) is 2. The molecule has 6 heteroatoms. The predicted octanol–water partition coefficient (Wildman–Crippen LogP) is 1.40. The second-order valence-corrected chi connectivity index (χ2v) is 8.96. The first-order valence-electron chi connectivity index (χ1n) is 4.68. The molecule has 0 bridgehead atoms. The molecule has 0 saturated carbocycles. The van der Waals surface area contributed by atoms with Gasteiger partial charge in [0.05, 0.1) is 0 Å². The average Bonchev–Trinajstić information content (AvgIpc) is 2.14. The Labute approximate surface area is 110 Å². The average molecular weight is 371 g/mol. The van der Waals surface area contributed by atoms with Gasteiger partial charge in [0.25, 0.3) is 0 Å². The van der Waals surface area contributed by atoms with E-state index in [1.54, 1.807) is 12.1 Å². The second-order valence-electron chi connectivity index (χ2n) is 4.38. The molecule has 0 aliphatic heterocycles. The summed E-state index contributed by atoms with van der Waals surface area (Å²) >= 11 is 3.33. The van der Waals surface area contributed by atoms with Gasteiger partial charge in [-0.1, -0.05) is 0 Å². The van der Waals surface area contributed by atoms with Crippen molar-refractivity contribution < 1.29 is 8.42 Å². The van der Waals surface area contributed by atoms with Crippen LogP contribution in [-0.4, -0.2) is 27.1 Å². The van der Waals surface area contributed by atoms with Crippen LogP contribution in [0.4, 0.5) is 0 Å². The number of sulfonamides is 1. The molecule has 3 nitrogen and oxygen atoms in total. The standard InChI is InChI=1S/C10H14BrNO2SSe/c1-10(2,3)12-15(13,14)8-6-4-5-7-9(8)16-11/h4-7,12H,1-3H3. The summed E-state index contributed by atoms with van der Waals surface area (Å²) in [6.07, 6.45) is 0. The quantitative estimate of drug-likeness (QED) is 0.817. The summed E-state index contributed by atoms with van der Waals surface area (Å²) < 4.78 is 27.7. The Morgan fingerprint density at radius 2 is 1.81 bits per heavy atom. The first kappa shape index (κ1) is 14.2. The van der Waals surface area contributed by atoms with E-state index in [0.29, 0.717) is 4.90 Å². The molecule has 1 N–H and O–H groups in total. The fourth-order valence-electron chi connectivity index (χ4n) is 1.19. The third-order valence-corrected chi connectivity index (χ3v) is 6.68. The maximum atomic E-state index is 12.1. The maximum absolute atomic E-state index is 12.1. The molecule has 1 aromatic rings. The van der Waals surface area contributed by atoms with Gasteiger partial charge >= 0.3 is 110 Å². The summed E-state index contributed by atoms with van der Waals surface area (Å²) in [6, 6.07) is 7.03. The molecule has 90 valence electrons. The topological polar surface area (TPSA) is 46.2 Å². The Morgan fingerprint density at radius 3 is 2.31 bits per heavy atom. The molecule has 0 unspecified atom stereocenters. The van der Waals surface area contributed by atoms with E-state index in [-0.39, 0.29) is 13.1 Å². The molecule has 0 atom stereocenters. The third-order valence-electron chi connectivity index (χ3n) is 1.66. The van der Waals surface area contributed by atoms with Crippen LogP contribution < -0.4 is 9.18 Å². The fourth-order valence-corrected chi connectivity index (χ4v) is 6.21. The van der Waals surface area contributed by atoms with Crippen LogP contribution in [0.15, 0.2) is 29.2 Å². The Kier molecular flexibility index (Phi) is 4.60. The molecule has 0 aliphatic carbocycles. The Bertz CT molecular complexity index is 468.